The van der Waals surface area contributed by atoms with Crippen molar-refractivity contribution in [2.45, 2.75) is 50.4 Å². The van der Waals surface area contributed by atoms with E-state index in [2.05, 4.69) is 30.9 Å². The summed E-state index contributed by atoms with van der Waals surface area (Å²) >= 11 is 18.8. The molecule has 1 unspecified atom stereocenters. The van der Waals surface area contributed by atoms with Crippen LogP contribution in [0.2, 0.25) is 15.1 Å². The number of rotatable bonds is 9. The van der Waals surface area contributed by atoms with Crippen LogP contribution in [0.4, 0.5) is 36.4 Å². The van der Waals surface area contributed by atoms with Crippen molar-refractivity contribution < 1.29 is 40.3 Å². The van der Waals surface area contributed by atoms with Crippen molar-refractivity contribution in [3.05, 3.63) is 80.4 Å². The number of aromatic nitrogens is 6. The number of amides is 2. The molecular formula is C27H20Cl3F7N8O2. The van der Waals surface area contributed by atoms with Crippen molar-refractivity contribution >= 4 is 52.3 Å². The van der Waals surface area contributed by atoms with Gasteiger partial charge < -0.3 is 10.6 Å². The quantitative estimate of drug-likeness (QED) is 0.181. The van der Waals surface area contributed by atoms with E-state index in [0.717, 1.165) is 23.6 Å². The Balaban J connectivity index is 1.50. The second-order valence-electron chi connectivity index (χ2n) is 10.5. The van der Waals surface area contributed by atoms with Gasteiger partial charge in [-0.25, -0.2) is 14.1 Å². The van der Waals surface area contributed by atoms with E-state index in [1.54, 1.807) is 0 Å². The van der Waals surface area contributed by atoms with Crippen LogP contribution in [-0.2, 0) is 12.2 Å². The second-order valence-corrected chi connectivity index (χ2v) is 11.8. The molecule has 1 fully saturated rings. The average molecular weight is 728 g/mol. The predicted molar refractivity (Wildman–Crippen MR) is 154 cm³/mol. The predicted octanol–water partition coefficient (Wildman–Crippen LogP) is 6.94. The number of benzene rings is 1. The van der Waals surface area contributed by atoms with Gasteiger partial charge in [0.2, 0.25) is 0 Å². The highest BCUT2D eigenvalue weighted by Crippen LogP contribution is 2.52. The van der Waals surface area contributed by atoms with Crippen LogP contribution in [-0.4, -0.2) is 60.0 Å². The van der Waals surface area contributed by atoms with Crippen molar-refractivity contribution in [3.63, 3.8) is 0 Å². The summed E-state index contributed by atoms with van der Waals surface area (Å²) in [4.78, 5) is 31.3. The fraction of sp³-hybridized carbons (Fsp3) is 0.333. The molecule has 5 rings (SSSR count). The number of halogens is 10. The number of carbonyl (C=O) groups is 2. The minimum atomic E-state index is -6.40. The molecule has 2 N–H and O–H groups in total. The first-order valence-corrected chi connectivity index (χ1v) is 14.6. The Morgan fingerprint density at radius 3 is 2.28 bits per heavy atom. The summed E-state index contributed by atoms with van der Waals surface area (Å²) in [5, 5.41) is 15.9. The van der Waals surface area contributed by atoms with Crippen LogP contribution in [0.25, 0.3) is 5.82 Å². The Labute approximate surface area is 275 Å². The molecule has 3 heterocycles. The summed E-state index contributed by atoms with van der Waals surface area (Å²) in [6.45, 7) is 1.10. The Kier molecular flexibility index (Phi) is 9.20. The highest BCUT2D eigenvalue weighted by molar-refractivity contribution is 6.38. The van der Waals surface area contributed by atoms with Gasteiger partial charge in [-0.1, -0.05) is 34.8 Å². The molecule has 3 aromatic heterocycles. The Hall–Kier alpha value is -3.96. The normalized spacial score (nSPS) is 14.6. The molecule has 1 aliphatic carbocycles. The Morgan fingerprint density at radius 1 is 0.979 bits per heavy atom. The topological polar surface area (TPSA) is 120 Å². The van der Waals surface area contributed by atoms with Crippen LogP contribution >= 0.6 is 34.8 Å². The number of nitrogens with one attached hydrogen (secondary N) is 2. The lowest BCUT2D eigenvalue weighted by Gasteiger charge is -2.27. The van der Waals surface area contributed by atoms with Gasteiger partial charge in [-0.3, -0.25) is 9.59 Å². The van der Waals surface area contributed by atoms with E-state index < -0.39 is 42.1 Å². The summed E-state index contributed by atoms with van der Waals surface area (Å²) < 4.78 is 94.7. The summed E-state index contributed by atoms with van der Waals surface area (Å²) in [7, 11) is 0. The lowest BCUT2D eigenvalue weighted by molar-refractivity contribution is -0.350. The molecule has 10 nitrogen and oxygen atoms in total. The smallest absolute Gasteiger partial charge is 0.349 e. The van der Waals surface area contributed by atoms with Crippen molar-refractivity contribution in [3.8, 4) is 5.82 Å². The summed E-state index contributed by atoms with van der Waals surface area (Å²) in [6.07, 6.45) is -9.62. The number of alkyl halides is 7. The maximum Gasteiger partial charge on any atom is 0.437 e. The van der Waals surface area contributed by atoms with Crippen molar-refractivity contribution in [1.82, 2.24) is 35.1 Å². The third-order valence-corrected chi connectivity index (χ3v) is 7.94. The van der Waals surface area contributed by atoms with Crippen LogP contribution < -0.4 is 10.6 Å². The summed E-state index contributed by atoms with van der Waals surface area (Å²) in [5.74, 6) is -1.32. The molecule has 4 aromatic rings. The second kappa shape index (κ2) is 12.6. The molecule has 20 heteroatoms. The molecule has 1 aliphatic rings. The Morgan fingerprint density at radius 2 is 1.66 bits per heavy atom. The van der Waals surface area contributed by atoms with Gasteiger partial charge in [0.1, 0.15) is 17.9 Å². The largest absolute Gasteiger partial charge is 0.437 e. The number of nitrogens with zero attached hydrogens (tertiary/aromatic N) is 6. The van der Waals surface area contributed by atoms with Gasteiger partial charge in [0.05, 0.1) is 33.2 Å². The van der Waals surface area contributed by atoms with Crippen molar-refractivity contribution in [1.29, 1.82) is 0 Å². The van der Waals surface area contributed by atoms with Gasteiger partial charge in [0.25, 0.3) is 11.8 Å². The lowest BCUT2D eigenvalue weighted by atomic mass is 10.0. The lowest BCUT2D eigenvalue weighted by Crippen LogP contribution is -2.50. The zero-order valence-corrected chi connectivity index (χ0v) is 25.9. The summed E-state index contributed by atoms with van der Waals surface area (Å²) in [5.41, 5.74) is -8.56. The van der Waals surface area contributed by atoms with Gasteiger partial charge in [0.15, 0.2) is 5.82 Å². The third-order valence-electron chi connectivity index (χ3n) is 7.13. The molecule has 2 amide bonds. The van der Waals surface area contributed by atoms with Gasteiger partial charge in [-0.05, 0) is 56.0 Å². The van der Waals surface area contributed by atoms with Crippen LogP contribution in [0.1, 0.15) is 52.0 Å². The highest BCUT2D eigenvalue weighted by atomic mass is 35.5. The average Bonchev–Trinajstić information content (AvgIpc) is 3.59. The van der Waals surface area contributed by atoms with E-state index >= 15 is 0 Å². The number of anilines is 1. The molecule has 1 atom stereocenters. The van der Waals surface area contributed by atoms with Crippen LogP contribution in [0.5, 0.6) is 0 Å². The SMILES string of the molecule is CC(NC(=O)c1cc(Cl)cc(Cl)c1NC(=O)c1cc(Cn2ncc(C(F)(C(F)(F)F)C(F)(F)F)n2)nn1-c1ncccc1Cl)C1CC1. The standard InChI is InChI=1S/C27H20Cl3F7N8O2/c1-12(13-4-5-13)40-23(46)16-7-14(28)8-18(30)21(16)41-24(47)19-9-15(42-45(19)22-17(29)3-2-6-38-22)11-44-39-10-20(43-44)25(31,26(32,33)34)27(35,36)37/h2-3,6-10,12-13H,4-5,11H2,1H3,(H,40,46)(H,41,47). The molecule has 0 saturated heterocycles. The zero-order valence-electron chi connectivity index (χ0n) is 23.6. The fourth-order valence-electron chi connectivity index (χ4n) is 4.55. The van der Waals surface area contributed by atoms with Gasteiger partial charge in [-0.15, -0.1) is 0 Å². The molecule has 1 aromatic carbocycles. The zero-order chi connectivity index (χ0) is 34.5. The minimum Gasteiger partial charge on any atom is -0.349 e. The third kappa shape index (κ3) is 6.87. The highest BCUT2D eigenvalue weighted by Gasteiger charge is 2.75. The first-order valence-electron chi connectivity index (χ1n) is 13.4. The molecule has 0 aliphatic heterocycles. The first-order chi connectivity index (χ1) is 21.9. The molecule has 0 bridgehead atoms. The van der Waals surface area contributed by atoms with E-state index in [0.29, 0.717) is 10.7 Å². The van der Waals surface area contributed by atoms with Gasteiger partial charge in [0, 0.05) is 17.3 Å². The first kappa shape index (κ1) is 34.4. The van der Waals surface area contributed by atoms with E-state index in [-0.39, 0.29) is 55.8 Å². The maximum absolute atomic E-state index is 14.5. The molecule has 47 heavy (non-hydrogen) atoms. The molecule has 1 saturated carbocycles. The molecule has 250 valence electrons. The van der Waals surface area contributed by atoms with E-state index in [1.165, 1.54) is 30.5 Å². The van der Waals surface area contributed by atoms with Crippen LogP contribution in [0, 0.1) is 5.92 Å². The number of hydrogen-bond acceptors (Lipinski definition) is 6. The van der Waals surface area contributed by atoms with Crippen molar-refractivity contribution in [2.24, 2.45) is 5.92 Å². The number of pyridine rings is 1. The fourth-order valence-corrected chi connectivity index (χ4v) is 5.29. The van der Waals surface area contributed by atoms with Gasteiger partial charge >= 0.3 is 18.0 Å². The monoisotopic (exact) mass is 726 g/mol. The minimum absolute atomic E-state index is 0.00748. The maximum atomic E-state index is 14.5. The van der Waals surface area contributed by atoms with E-state index in [9.17, 15) is 40.3 Å². The summed E-state index contributed by atoms with van der Waals surface area (Å²) in [6, 6.07) is 6.36. The van der Waals surface area contributed by atoms with Crippen LogP contribution in [0.15, 0.2) is 42.7 Å². The molecule has 0 spiro atoms. The Bertz CT molecular complexity index is 1830. The number of hydrogen-bond donors (Lipinski definition) is 2. The van der Waals surface area contributed by atoms with Crippen molar-refractivity contribution in [2.75, 3.05) is 5.32 Å². The van der Waals surface area contributed by atoms with Gasteiger partial charge in [-0.2, -0.15) is 46.4 Å². The van der Waals surface area contributed by atoms with E-state index in [1.807, 2.05) is 6.92 Å². The molecular weight excluding hydrogens is 708 g/mol. The van der Waals surface area contributed by atoms with E-state index in [4.69, 9.17) is 34.8 Å². The molecule has 0 radical (unpaired) electrons. The number of carbonyl (C=O) groups excluding carboxylic acids is 2. The van der Waals surface area contributed by atoms with Crippen LogP contribution in [0.3, 0.4) is 0 Å².